The van der Waals surface area contributed by atoms with Crippen molar-refractivity contribution in [3.8, 4) is 11.5 Å². The van der Waals surface area contributed by atoms with Crippen molar-refractivity contribution in [1.82, 2.24) is 0 Å². The topological polar surface area (TPSA) is 30.5 Å². The number of benzene rings is 2. The predicted molar refractivity (Wildman–Crippen MR) is 90.4 cm³/mol. The molecule has 0 amide bonds. The van der Waals surface area contributed by atoms with Gasteiger partial charge in [-0.1, -0.05) is 22.0 Å². The van der Waals surface area contributed by atoms with Crippen molar-refractivity contribution in [2.24, 2.45) is 0 Å². The molecule has 0 fully saturated rings. The Kier molecular flexibility index (Phi) is 5.51. The Morgan fingerprint density at radius 1 is 1.10 bits per heavy atom. The van der Waals surface area contributed by atoms with Gasteiger partial charge in [-0.3, -0.25) is 0 Å². The molecule has 0 aliphatic heterocycles. The van der Waals surface area contributed by atoms with Gasteiger partial charge in [0.05, 0.1) is 13.7 Å². The highest BCUT2D eigenvalue weighted by molar-refractivity contribution is 9.10. The lowest BCUT2D eigenvalue weighted by Gasteiger charge is -2.12. The number of halogens is 1. The van der Waals surface area contributed by atoms with Gasteiger partial charge in [0.1, 0.15) is 0 Å². The maximum atomic E-state index is 5.52. The van der Waals surface area contributed by atoms with E-state index in [4.69, 9.17) is 9.47 Å². The summed E-state index contributed by atoms with van der Waals surface area (Å²) in [5.74, 6) is 1.55. The van der Waals surface area contributed by atoms with Crippen LogP contribution in [0.2, 0.25) is 0 Å². The number of aryl methyl sites for hydroxylation is 1. The van der Waals surface area contributed by atoms with E-state index in [1.54, 1.807) is 7.11 Å². The molecule has 3 nitrogen and oxygen atoms in total. The fourth-order valence-corrected chi connectivity index (χ4v) is 2.30. The van der Waals surface area contributed by atoms with Crippen LogP contribution in [-0.2, 0) is 6.54 Å². The van der Waals surface area contributed by atoms with Crippen LogP contribution in [0.3, 0.4) is 0 Å². The quantitative estimate of drug-likeness (QED) is 0.814. The molecule has 0 spiro atoms. The Balaban J connectivity index is 2.07. The first-order valence-corrected chi connectivity index (χ1v) is 7.73. The maximum Gasteiger partial charge on any atom is 0.161 e. The molecular formula is C17H20BrNO2. The number of rotatable bonds is 6. The smallest absolute Gasteiger partial charge is 0.161 e. The summed E-state index contributed by atoms with van der Waals surface area (Å²) in [5, 5.41) is 3.41. The molecule has 0 heterocycles. The monoisotopic (exact) mass is 349 g/mol. The highest BCUT2D eigenvalue weighted by Gasteiger charge is 2.05. The molecule has 0 saturated carbocycles. The zero-order chi connectivity index (χ0) is 15.2. The van der Waals surface area contributed by atoms with Gasteiger partial charge >= 0.3 is 0 Å². The van der Waals surface area contributed by atoms with E-state index in [0.29, 0.717) is 6.61 Å². The summed E-state index contributed by atoms with van der Waals surface area (Å²) in [7, 11) is 1.66. The number of hydrogen-bond donors (Lipinski definition) is 1. The van der Waals surface area contributed by atoms with Crippen LogP contribution in [0.5, 0.6) is 11.5 Å². The lowest BCUT2D eigenvalue weighted by Crippen LogP contribution is -2.01. The van der Waals surface area contributed by atoms with Crippen LogP contribution in [0.1, 0.15) is 18.1 Å². The van der Waals surface area contributed by atoms with Crippen LogP contribution in [0, 0.1) is 6.92 Å². The van der Waals surface area contributed by atoms with E-state index < -0.39 is 0 Å². The van der Waals surface area contributed by atoms with E-state index in [2.05, 4.69) is 46.4 Å². The van der Waals surface area contributed by atoms with Gasteiger partial charge in [0.25, 0.3) is 0 Å². The number of ether oxygens (including phenoxy) is 2. The summed E-state index contributed by atoms with van der Waals surface area (Å²) in [4.78, 5) is 0. The minimum atomic E-state index is 0.631. The van der Waals surface area contributed by atoms with E-state index >= 15 is 0 Å². The average Bonchev–Trinajstić information content (AvgIpc) is 2.49. The molecule has 0 aliphatic carbocycles. The normalized spacial score (nSPS) is 10.3. The molecule has 0 bridgehead atoms. The highest BCUT2D eigenvalue weighted by Crippen LogP contribution is 2.28. The van der Waals surface area contributed by atoms with Gasteiger partial charge in [-0.05, 0) is 55.3 Å². The molecule has 0 atom stereocenters. The van der Waals surface area contributed by atoms with Crippen molar-refractivity contribution in [2.75, 3.05) is 19.0 Å². The Morgan fingerprint density at radius 2 is 1.90 bits per heavy atom. The number of nitrogens with one attached hydrogen (secondary N) is 1. The lowest BCUT2D eigenvalue weighted by molar-refractivity contribution is 0.310. The van der Waals surface area contributed by atoms with E-state index in [1.807, 2.05) is 25.1 Å². The van der Waals surface area contributed by atoms with Gasteiger partial charge in [-0.15, -0.1) is 0 Å². The molecule has 112 valence electrons. The second kappa shape index (κ2) is 7.36. The third-order valence-electron chi connectivity index (χ3n) is 3.18. The van der Waals surface area contributed by atoms with Crippen molar-refractivity contribution in [1.29, 1.82) is 0 Å². The number of anilines is 1. The zero-order valence-electron chi connectivity index (χ0n) is 12.6. The van der Waals surface area contributed by atoms with Crippen LogP contribution >= 0.6 is 15.9 Å². The van der Waals surface area contributed by atoms with E-state index in [0.717, 1.165) is 33.8 Å². The third kappa shape index (κ3) is 4.14. The summed E-state index contributed by atoms with van der Waals surface area (Å²) in [6.45, 7) is 5.41. The van der Waals surface area contributed by atoms with E-state index in [1.165, 1.54) is 5.56 Å². The molecule has 2 aromatic carbocycles. The Morgan fingerprint density at radius 3 is 2.57 bits per heavy atom. The summed E-state index contributed by atoms with van der Waals surface area (Å²) in [5.41, 5.74) is 3.46. The SMILES string of the molecule is CCOc1ccc(CNc2ccc(Br)c(C)c2)cc1OC. The highest BCUT2D eigenvalue weighted by atomic mass is 79.9. The molecular weight excluding hydrogens is 330 g/mol. The predicted octanol–water partition coefficient (Wildman–Crippen LogP) is 4.78. The summed E-state index contributed by atoms with van der Waals surface area (Å²) >= 11 is 3.51. The van der Waals surface area contributed by atoms with Crippen molar-refractivity contribution in [3.05, 3.63) is 52.0 Å². The fourth-order valence-electron chi connectivity index (χ4n) is 2.06. The van der Waals surface area contributed by atoms with Gasteiger partial charge < -0.3 is 14.8 Å². The second-order valence-corrected chi connectivity index (χ2v) is 5.59. The first-order chi connectivity index (χ1) is 10.1. The van der Waals surface area contributed by atoms with Crippen molar-refractivity contribution in [2.45, 2.75) is 20.4 Å². The van der Waals surface area contributed by atoms with Crippen LogP contribution in [0.4, 0.5) is 5.69 Å². The standard InChI is InChI=1S/C17H20BrNO2/c1-4-21-16-8-5-13(10-17(16)20-3)11-19-14-6-7-15(18)12(2)9-14/h5-10,19H,4,11H2,1-3H3. The van der Waals surface area contributed by atoms with Crippen molar-refractivity contribution < 1.29 is 9.47 Å². The van der Waals surface area contributed by atoms with Crippen LogP contribution in [-0.4, -0.2) is 13.7 Å². The van der Waals surface area contributed by atoms with Crippen LogP contribution in [0.25, 0.3) is 0 Å². The molecule has 21 heavy (non-hydrogen) atoms. The molecule has 0 unspecified atom stereocenters. The second-order valence-electron chi connectivity index (χ2n) is 4.74. The van der Waals surface area contributed by atoms with Gasteiger partial charge in [0.2, 0.25) is 0 Å². The first-order valence-electron chi connectivity index (χ1n) is 6.93. The van der Waals surface area contributed by atoms with Crippen molar-refractivity contribution in [3.63, 3.8) is 0 Å². The fraction of sp³-hybridized carbons (Fsp3) is 0.294. The Hall–Kier alpha value is -1.68. The summed E-state index contributed by atoms with van der Waals surface area (Å²) in [6.07, 6.45) is 0. The molecule has 2 rings (SSSR count). The van der Waals surface area contributed by atoms with Gasteiger partial charge in [-0.25, -0.2) is 0 Å². The maximum absolute atomic E-state index is 5.52. The largest absolute Gasteiger partial charge is 0.493 e. The number of methoxy groups -OCH3 is 1. The minimum absolute atomic E-state index is 0.631. The van der Waals surface area contributed by atoms with Gasteiger partial charge in [0, 0.05) is 16.7 Å². The van der Waals surface area contributed by atoms with E-state index in [9.17, 15) is 0 Å². The first kappa shape index (κ1) is 15.7. The number of hydrogen-bond acceptors (Lipinski definition) is 3. The average molecular weight is 350 g/mol. The van der Waals surface area contributed by atoms with Gasteiger partial charge in [-0.2, -0.15) is 0 Å². The van der Waals surface area contributed by atoms with E-state index in [-0.39, 0.29) is 0 Å². The molecule has 0 saturated heterocycles. The Bertz CT molecular complexity index is 614. The summed E-state index contributed by atoms with van der Waals surface area (Å²) in [6, 6.07) is 12.2. The van der Waals surface area contributed by atoms with Crippen LogP contribution < -0.4 is 14.8 Å². The molecule has 0 aliphatic rings. The zero-order valence-corrected chi connectivity index (χ0v) is 14.2. The minimum Gasteiger partial charge on any atom is -0.493 e. The van der Waals surface area contributed by atoms with Crippen molar-refractivity contribution >= 4 is 21.6 Å². The van der Waals surface area contributed by atoms with Crippen LogP contribution in [0.15, 0.2) is 40.9 Å². The molecule has 0 aromatic heterocycles. The lowest BCUT2D eigenvalue weighted by atomic mass is 10.2. The molecule has 4 heteroatoms. The third-order valence-corrected chi connectivity index (χ3v) is 4.07. The molecule has 1 N–H and O–H groups in total. The van der Waals surface area contributed by atoms with Gasteiger partial charge in [0.15, 0.2) is 11.5 Å². The Labute approximate surface area is 134 Å². The molecule has 2 aromatic rings. The summed E-state index contributed by atoms with van der Waals surface area (Å²) < 4.78 is 12.0. The molecule has 0 radical (unpaired) electrons.